The maximum atomic E-state index is 11.5. The Bertz CT molecular complexity index is 641. The maximum absolute atomic E-state index is 11.5. The Morgan fingerprint density at radius 3 is 2.32 bits per heavy atom. The second-order valence-corrected chi connectivity index (χ2v) is 13.2. The molecule has 0 aromatic rings. The van der Waals surface area contributed by atoms with Gasteiger partial charge in [0.2, 0.25) is 0 Å². The Balaban J connectivity index is 1.43. The van der Waals surface area contributed by atoms with Crippen LogP contribution < -0.4 is 0 Å². The van der Waals surface area contributed by atoms with Gasteiger partial charge in [0, 0.05) is 6.92 Å². The zero-order valence-corrected chi connectivity index (χ0v) is 21.4. The Labute approximate surface area is 192 Å². The predicted octanol–water partition coefficient (Wildman–Crippen LogP) is 8.04. The molecule has 0 N–H and O–H groups in total. The van der Waals surface area contributed by atoms with E-state index in [4.69, 9.17) is 4.74 Å². The molecule has 0 radical (unpaired) electrons. The third-order valence-electron chi connectivity index (χ3n) is 11.2. The number of ether oxygens (including phenoxy) is 1. The van der Waals surface area contributed by atoms with Crippen molar-refractivity contribution in [2.45, 2.75) is 125 Å². The van der Waals surface area contributed by atoms with E-state index in [1.54, 1.807) is 6.92 Å². The van der Waals surface area contributed by atoms with Gasteiger partial charge in [0.1, 0.15) is 6.10 Å². The third kappa shape index (κ3) is 4.35. The summed E-state index contributed by atoms with van der Waals surface area (Å²) in [4.78, 5) is 11.5. The van der Waals surface area contributed by atoms with E-state index in [1.807, 2.05) is 0 Å². The zero-order valence-electron chi connectivity index (χ0n) is 21.4. The van der Waals surface area contributed by atoms with Crippen LogP contribution in [0, 0.1) is 52.3 Å². The highest BCUT2D eigenvalue weighted by Gasteiger charge is 2.60. The monoisotopic (exact) mass is 430 g/mol. The van der Waals surface area contributed by atoms with Crippen LogP contribution in [0.15, 0.2) is 0 Å². The number of fused-ring (bicyclic) bond motifs is 5. The van der Waals surface area contributed by atoms with Gasteiger partial charge in [-0.2, -0.15) is 0 Å². The van der Waals surface area contributed by atoms with Crippen molar-refractivity contribution in [2.75, 3.05) is 0 Å². The SMILES string of the molecule is CC(=O)O[C@H]1CC[C@]2(C)C3CC[C@@]4(C)C(CC[C@@H]4[C@H](C)CCCC(C)C)C3CC[C@H]2C1. The minimum atomic E-state index is -0.0877. The molecule has 0 spiro atoms. The third-order valence-corrected chi connectivity index (χ3v) is 11.2. The number of hydrogen-bond acceptors (Lipinski definition) is 2. The molecular formula is C29H50O2. The molecule has 4 aliphatic rings. The first-order valence-electron chi connectivity index (χ1n) is 13.8. The molecule has 178 valence electrons. The molecule has 4 aliphatic carbocycles. The summed E-state index contributed by atoms with van der Waals surface area (Å²) in [5.74, 6) is 6.22. The molecule has 0 aliphatic heterocycles. The summed E-state index contributed by atoms with van der Waals surface area (Å²) >= 11 is 0. The van der Waals surface area contributed by atoms with Crippen LogP contribution in [0.4, 0.5) is 0 Å². The van der Waals surface area contributed by atoms with Crippen LogP contribution in [0.1, 0.15) is 119 Å². The van der Waals surface area contributed by atoms with Gasteiger partial charge in [-0.15, -0.1) is 0 Å². The van der Waals surface area contributed by atoms with E-state index in [0.717, 1.165) is 54.3 Å². The number of esters is 1. The summed E-state index contributed by atoms with van der Waals surface area (Å²) in [6.07, 6.45) is 16.6. The van der Waals surface area contributed by atoms with Gasteiger partial charge < -0.3 is 4.74 Å². The van der Waals surface area contributed by atoms with E-state index < -0.39 is 0 Å². The Morgan fingerprint density at radius 2 is 1.61 bits per heavy atom. The summed E-state index contributed by atoms with van der Waals surface area (Å²) in [6, 6.07) is 0. The van der Waals surface area contributed by atoms with Crippen molar-refractivity contribution in [1.82, 2.24) is 0 Å². The summed E-state index contributed by atoms with van der Waals surface area (Å²) in [7, 11) is 0. The van der Waals surface area contributed by atoms with Crippen molar-refractivity contribution >= 4 is 5.97 Å². The molecule has 4 saturated carbocycles. The van der Waals surface area contributed by atoms with Gasteiger partial charge >= 0.3 is 5.97 Å². The average Bonchev–Trinajstić information content (AvgIpc) is 3.05. The highest BCUT2D eigenvalue weighted by atomic mass is 16.5. The van der Waals surface area contributed by atoms with Gasteiger partial charge in [0.05, 0.1) is 0 Å². The van der Waals surface area contributed by atoms with Crippen LogP contribution in [0.5, 0.6) is 0 Å². The molecular weight excluding hydrogens is 380 g/mol. The van der Waals surface area contributed by atoms with Gasteiger partial charge in [-0.25, -0.2) is 0 Å². The van der Waals surface area contributed by atoms with E-state index in [0.29, 0.717) is 10.8 Å². The van der Waals surface area contributed by atoms with Crippen molar-refractivity contribution in [3.8, 4) is 0 Å². The first-order chi connectivity index (χ1) is 14.6. The molecule has 2 nitrogen and oxygen atoms in total. The number of carbonyl (C=O) groups is 1. The van der Waals surface area contributed by atoms with Gasteiger partial charge in [-0.1, -0.05) is 53.9 Å². The number of rotatable bonds is 6. The first kappa shape index (κ1) is 23.6. The van der Waals surface area contributed by atoms with E-state index in [2.05, 4.69) is 34.6 Å². The van der Waals surface area contributed by atoms with Crippen LogP contribution in [0.3, 0.4) is 0 Å². The van der Waals surface area contributed by atoms with Crippen LogP contribution in [0.25, 0.3) is 0 Å². The molecule has 0 bridgehead atoms. The molecule has 3 unspecified atom stereocenters. The van der Waals surface area contributed by atoms with Crippen molar-refractivity contribution in [3.63, 3.8) is 0 Å². The second kappa shape index (κ2) is 9.02. The van der Waals surface area contributed by atoms with Crippen LogP contribution in [-0.4, -0.2) is 12.1 Å². The van der Waals surface area contributed by atoms with Crippen molar-refractivity contribution in [1.29, 1.82) is 0 Å². The fourth-order valence-corrected chi connectivity index (χ4v) is 9.59. The predicted molar refractivity (Wildman–Crippen MR) is 129 cm³/mol. The second-order valence-electron chi connectivity index (χ2n) is 13.2. The van der Waals surface area contributed by atoms with E-state index in [-0.39, 0.29) is 12.1 Å². The molecule has 2 heteroatoms. The van der Waals surface area contributed by atoms with Gasteiger partial charge in [-0.3, -0.25) is 4.79 Å². The molecule has 31 heavy (non-hydrogen) atoms. The zero-order chi connectivity index (χ0) is 22.4. The first-order valence-corrected chi connectivity index (χ1v) is 13.8. The lowest BCUT2D eigenvalue weighted by molar-refractivity contribution is -0.160. The van der Waals surface area contributed by atoms with Crippen molar-refractivity contribution in [3.05, 3.63) is 0 Å². The lowest BCUT2D eigenvalue weighted by atomic mass is 9.44. The van der Waals surface area contributed by atoms with E-state index in [1.165, 1.54) is 64.2 Å². The number of carbonyl (C=O) groups excluding carboxylic acids is 1. The quantitative estimate of drug-likeness (QED) is 0.398. The Hall–Kier alpha value is -0.530. The Morgan fingerprint density at radius 1 is 0.903 bits per heavy atom. The maximum Gasteiger partial charge on any atom is 0.302 e. The summed E-state index contributed by atoms with van der Waals surface area (Å²) < 4.78 is 5.65. The molecule has 9 atom stereocenters. The lowest BCUT2D eigenvalue weighted by Crippen LogP contribution is -2.54. The molecule has 0 heterocycles. The highest BCUT2D eigenvalue weighted by Crippen LogP contribution is 2.68. The van der Waals surface area contributed by atoms with Gasteiger partial charge in [0.15, 0.2) is 0 Å². The van der Waals surface area contributed by atoms with Crippen LogP contribution in [0.2, 0.25) is 0 Å². The van der Waals surface area contributed by atoms with Gasteiger partial charge in [-0.05, 0) is 110 Å². The molecule has 4 rings (SSSR count). The minimum Gasteiger partial charge on any atom is -0.463 e. The topological polar surface area (TPSA) is 26.3 Å². The standard InChI is InChI=1S/C29H50O2/c1-19(2)8-7-9-20(3)25-12-13-26-24-11-10-22-18-23(31-21(4)30)14-16-28(22,5)27(24)15-17-29(25,26)6/h19-20,22-27H,7-18H2,1-6H3/t20-,22+,23+,24?,25-,26?,27?,28+,29-/m1/s1. The number of hydrogen-bond donors (Lipinski definition) is 0. The fraction of sp³-hybridized carbons (Fsp3) is 0.966. The van der Waals surface area contributed by atoms with E-state index in [9.17, 15) is 4.79 Å². The Kier molecular flexibility index (Phi) is 6.87. The van der Waals surface area contributed by atoms with E-state index >= 15 is 0 Å². The summed E-state index contributed by atoms with van der Waals surface area (Å²) in [6.45, 7) is 14.2. The summed E-state index contributed by atoms with van der Waals surface area (Å²) in [5.41, 5.74) is 1.08. The largest absolute Gasteiger partial charge is 0.463 e. The highest BCUT2D eigenvalue weighted by molar-refractivity contribution is 5.66. The molecule has 0 aromatic heterocycles. The molecule has 0 amide bonds. The minimum absolute atomic E-state index is 0.0877. The smallest absolute Gasteiger partial charge is 0.302 e. The molecule has 0 saturated heterocycles. The van der Waals surface area contributed by atoms with Crippen LogP contribution >= 0.6 is 0 Å². The normalized spacial score (nSPS) is 45.5. The molecule has 0 aromatic carbocycles. The van der Waals surface area contributed by atoms with Crippen molar-refractivity contribution < 1.29 is 9.53 Å². The van der Waals surface area contributed by atoms with Crippen molar-refractivity contribution in [2.24, 2.45) is 52.3 Å². The lowest BCUT2D eigenvalue weighted by Gasteiger charge is -2.61. The average molecular weight is 431 g/mol. The summed E-state index contributed by atoms with van der Waals surface area (Å²) in [5, 5.41) is 0. The van der Waals surface area contributed by atoms with Gasteiger partial charge in [0.25, 0.3) is 0 Å². The van der Waals surface area contributed by atoms with Crippen LogP contribution in [-0.2, 0) is 9.53 Å². The fourth-order valence-electron chi connectivity index (χ4n) is 9.59. The molecule has 4 fully saturated rings.